The van der Waals surface area contributed by atoms with E-state index in [0.717, 1.165) is 43.4 Å². The number of hydrogen-bond donors (Lipinski definition) is 0. The lowest BCUT2D eigenvalue weighted by Crippen LogP contribution is -2.51. The van der Waals surface area contributed by atoms with Crippen LogP contribution in [0.1, 0.15) is 40.0 Å². The third-order valence-corrected chi connectivity index (χ3v) is 2.51. The molecule has 0 atom stereocenters. The summed E-state index contributed by atoms with van der Waals surface area (Å²) < 4.78 is 5.88. The van der Waals surface area contributed by atoms with Gasteiger partial charge in [0.15, 0.2) is 0 Å². The van der Waals surface area contributed by atoms with E-state index in [9.17, 15) is 4.79 Å². The first-order chi connectivity index (χ1) is 6.74. The van der Waals surface area contributed by atoms with Crippen molar-refractivity contribution in [1.82, 2.24) is 0 Å². The lowest BCUT2D eigenvalue weighted by atomic mass is 10.2. The molecule has 0 fully saturated rings. The van der Waals surface area contributed by atoms with E-state index >= 15 is 0 Å². The van der Waals surface area contributed by atoms with Crippen molar-refractivity contribution in [3.63, 3.8) is 0 Å². The molecule has 3 heteroatoms. The molecular weight excluding hydrogens is 178 g/mol. The first-order valence-corrected chi connectivity index (χ1v) is 5.65. The van der Waals surface area contributed by atoms with Gasteiger partial charge in [0.2, 0.25) is 6.73 Å². The van der Waals surface area contributed by atoms with Crippen molar-refractivity contribution in [2.45, 2.75) is 40.0 Å². The largest absolute Gasteiger partial charge is 0.417 e. The minimum Gasteiger partial charge on any atom is -0.417 e. The van der Waals surface area contributed by atoms with Crippen LogP contribution in [0.2, 0.25) is 0 Å². The fraction of sp³-hybridized carbons (Fsp3) is 0.909. The maximum Gasteiger partial charge on any atom is 0.297 e. The van der Waals surface area contributed by atoms with Crippen LogP contribution in [0.15, 0.2) is 0 Å². The molecule has 0 rings (SSSR count). The van der Waals surface area contributed by atoms with Crippen LogP contribution in [0.4, 0.5) is 0 Å². The van der Waals surface area contributed by atoms with Crippen molar-refractivity contribution in [2.24, 2.45) is 0 Å². The second-order valence-corrected chi connectivity index (χ2v) is 3.90. The van der Waals surface area contributed by atoms with Crippen LogP contribution in [0, 0.1) is 0 Å². The topological polar surface area (TPSA) is 26.3 Å². The number of hydrogen-bond acceptors (Lipinski definition) is 2. The standard InChI is InChI=1S/C11H24NO2/c1-4-7-12(8-5-2,9-6-3)10-14-11-13/h11H,4-10H2,1-3H3/q+1. The monoisotopic (exact) mass is 202 g/mol. The molecule has 0 N–H and O–H groups in total. The van der Waals surface area contributed by atoms with E-state index in [1.807, 2.05) is 0 Å². The molecule has 0 saturated carbocycles. The highest BCUT2D eigenvalue weighted by Crippen LogP contribution is 2.11. The van der Waals surface area contributed by atoms with Gasteiger partial charge < -0.3 is 4.74 Å². The van der Waals surface area contributed by atoms with E-state index in [2.05, 4.69) is 20.8 Å². The van der Waals surface area contributed by atoms with E-state index in [1.54, 1.807) is 0 Å². The van der Waals surface area contributed by atoms with E-state index < -0.39 is 0 Å². The molecule has 0 bridgehead atoms. The molecule has 0 heterocycles. The Morgan fingerprint density at radius 1 is 1.00 bits per heavy atom. The van der Waals surface area contributed by atoms with Crippen molar-refractivity contribution in [3.8, 4) is 0 Å². The maximum absolute atomic E-state index is 10.2. The number of nitrogens with zero attached hydrogens (tertiary/aromatic N) is 1. The predicted octanol–water partition coefficient (Wildman–Crippen LogP) is 2.16. The number of quaternary nitrogens is 1. The Balaban J connectivity index is 4.28. The van der Waals surface area contributed by atoms with E-state index in [-0.39, 0.29) is 0 Å². The van der Waals surface area contributed by atoms with Crippen LogP contribution < -0.4 is 0 Å². The van der Waals surface area contributed by atoms with Gasteiger partial charge >= 0.3 is 0 Å². The zero-order chi connectivity index (χ0) is 10.9. The number of ether oxygens (including phenoxy) is 1. The molecular formula is C11H24NO2+. The van der Waals surface area contributed by atoms with Crippen molar-refractivity contribution in [2.75, 3.05) is 26.4 Å². The van der Waals surface area contributed by atoms with Crippen molar-refractivity contribution < 1.29 is 14.0 Å². The Morgan fingerprint density at radius 3 is 1.71 bits per heavy atom. The third kappa shape index (κ3) is 4.61. The van der Waals surface area contributed by atoms with Gasteiger partial charge in [-0.2, -0.15) is 0 Å². The van der Waals surface area contributed by atoms with Crippen molar-refractivity contribution in [1.29, 1.82) is 0 Å². The molecule has 0 aliphatic heterocycles. The molecule has 3 nitrogen and oxygen atoms in total. The van der Waals surface area contributed by atoms with Crippen LogP contribution in [0.5, 0.6) is 0 Å². The molecule has 0 radical (unpaired) electrons. The van der Waals surface area contributed by atoms with Crippen LogP contribution in [-0.4, -0.2) is 37.3 Å². The number of carbonyl (C=O) groups excluding carboxylic acids is 1. The van der Waals surface area contributed by atoms with Gasteiger partial charge in [-0.1, -0.05) is 20.8 Å². The lowest BCUT2D eigenvalue weighted by molar-refractivity contribution is -0.943. The van der Waals surface area contributed by atoms with E-state index in [4.69, 9.17) is 4.74 Å². The Morgan fingerprint density at radius 2 is 1.43 bits per heavy atom. The van der Waals surface area contributed by atoms with Crippen molar-refractivity contribution >= 4 is 6.47 Å². The van der Waals surface area contributed by atoms with E-state index in [0.29, 0.717) is 13.2 Å². The fourth-order valence-corrected chi connectivity index (χ4v) is 2.14. The van der Waals surface area contributed by atoms with E-state index in [1.165, 1.54) is 0 Å². The second-order valence-electron chi connectivity index (χ2n) is 3.90. The molecule has 0 unspecified atom stereocenters. The molecule has 0 aliphatic carbocycles. The SMILES string of the molecule is CCC[N+](CCC)(CCC)COC=O. The van der Waals surface area contributed by atoms with Gasteiger partial charge in [-0.3, -0.25) is 9.28 Å². The van der Waals surface area contributed by atoms with Crippen LogP contribution in [0.25, 0.3) is 0 Å². The number of rotatable bonds is 9. The fourth-order valence-electron chi connectivity index (χ4n) is 2.14. The van der Waals surface area contributed by atoms with Gasteiger partial charge in [-0.15, -0.1) is 0 Å². The molecule has 0 amide bonds. The van der Waals surface area contributed by atoms with Crippen LogP contribution in [-0.2, 0) is 9.53 Å². The highest BCUT2D eigenvalue weighted by Gasteiger charge is 2.24. The quantitative estimate of drug-likeness (QED) is 0.325. The van der Waals surface area contributed by atoms with Crippen LogP contribution in [0.3, 0.4) is 0 Å². The Hall–Kier alpha value is -0.570. The summed E-state index contributed by atoms with van der Waals surface area (Å²) in [6.07, 6.45) is 3.42. The Bertz CT molecular complexity index is 131. The van der Waals surface area contributed by atoms with Crippen LogP contribution >= 0.6 is 0 Å². The summed E-state index contributed by atoms with van der Waals surface area (Å²) >= 11 is 0. The minimum atomic E-state index is 0.541. The first kappa shape index (κ1) is 13.4. The third-order valence-electron chi connectivity index (χ3n) is 2.51. The predicted molar refractivity (Wildman–Crippen MR) is 57.8 cm³/mol. The highest BCUT2D eigenvalue weighted by atomic mass is 16.5. The zero-order valence-corrected chi connectivity index (χ0v) is 9.79. The maximum atomic E-state index is 10.2. The summed E-state index contributed by atoms with van der Waals surface area (Å²) in [6.45, 7) is 11.0. The number of carbonyl (C=O) groups is 1. The average Bonchev–Trinajstić information content (AvgIpc) is 2.16. The summed E-state index contributed by atoms with van der Waals surface area (Å²) in [4.78, 5) is 10.2. The smallest absolute Gasteiger partial charge is 0.297 e. The lowest BCUT2D eigenvalue weighted by Gasteiger charge is -2.36. The Kier molecular flexibility index (Phi) is 7.48. The van der Waals surface area contributed by atoms with Crippen molar-refractivity contribution in [3.05, 3.63) is 0 Å². The van der Waals surface area contributed by atoms with Gasteiger partial charge in [0.05, 0.1) is 19.6 Å². The van der Waals surface area contributed by atoms with Gasteiger partial charge in [0, 0.05) is 0 Å². The second kappa shape index (κ2) is 7.80. The summed E-state index contributed by atoms with van der Waals surface area (Å²) in [5.41, 5.74) is 0. The zero-order valence-electron chi connectivity index (χ0n) is 9.79. The summed E-state index contributed by atoms with van der Waals surface area (Å²) in [5.74, 6) is 0. The minimum absolute atomic E-state index is 0.541. The molecule has 14 heavy (non-hydrogen) atoms. The summed E-state index contributed by atoms with van der Waals surface area (Å²) in [7, 11) is 0. The molecule has 0 aromatic carbocycles. The summed E-state index contributed by atoms with van der Waals surface area (Å²) in [6, 6.07) is 0. The summed E-state index contributed by atoms with van der Waals surface area (Å²) in [5, 5.41) is 0. The van der Waals surface area contributed by atoms with Gasteiger partial charge in [0.25, 0.3) is 6.47 Å². The van der Waals surface area contributed by atoms with Gasteiger partial charge in [-0.05, 0) is 19.3 Å². The van der Waals surface area contributed by atoms with Gasteiger partial charge in [-0.25, -0.2) is 0 Å². The molecule has 84 valence electrons. The molecule has 0 spiro atoms. The highest BCUT2D eigenvalue weighted by molar-refractivity contribution is 5.36. The normalized spacial score (nSPS) is 11.4. The van der Waals surface area contributed by atoms with Gasteiger partial charge in [0.1, 0.15) is 0 Å². The first-order valence-electron chi connectivity index (χ1n) is 5.65. The molecule has 0 aromatic heterocycles. The Labute approximate surface area is 87.6 Å². The average molecular weight is 202 g/mol. The molecule has 0 aliphatic rings. The molecule has 0 saturated heterocycles. The molecule has 0 aromatic rings.